The largest absolute Gasteiger partial charge is 0.465 e. The molecule has 0 aliphatic carbocycles. The van der Waals surface area contributed by atoms with Crippen molar-refractivity contribution in [2.45, 2.75) is 19.9 Å². The molecule has 0 spiro atoms. The number of benzene rings is 2. The molecular formula is C29H23FN2O6S. The zero-order valence-corrected chi connectivity index (χ0v) is 22.1. The van der Waals surface area contributed by atoms with Crippen LogP contribution in [-0.2, 0) is 14.3 Å². The van der Waals surface area contributed by atoms with E-state index in [2.05, 4.69) is 4.99 Å². The molecule has 2 aromatic carbocycles. The molecule has 1 aliphatic rings. The number of rotatable bonds is 6. The average Bonchev–Trinajstić information content (AvgIpc) is 3.52. The third-order valence-electron chi connectivity index (χ3n) is 6.20. The Morgan fingerprint density at radius 2 is 1.85 bits per heavy atom. The Labute approximate surface area is 226 Å². The fourth-order valence-corrected chi connectivity index (χ4v) is 5.47. The summed E-state index contributed by atoms with van der Waals surface area (Å²) in [6, 6.07) is 15.1. The SMILES string of the molecule is CCOC(=O)C1=C(C)N=c2sc(=Cc3ccc(-c4ccccc4C(=O)OC)o3)c(=O)n2C1c1ccc(F)cc1. The Hall–Kier alpha value is -4.57. The van der Waals surface area contributed by atoms with E-state index in [1.54, 1.807) is 56.3 Å². The first-order chi connectivity index (χ1) is 18.8. The number of hydrogen-bond donors (Lipinski definition) is 0. The number of aromatic nitrogens is 1. The number of esters is 2. The van der Waals surface area contributed by atoms with Crippen molar-refractivity contribution in [3.8, 4) is 11.3 Å². The number of allylic oxidation sites excluding steroid dienone is 1. The molecule has 0 bridgehead atoms. The van der Waals surface area contributed by atoms with Gasteiger partial charge in [0.2, 0.25) is 0 Å². The summed E-state index contributed by atoms with van der Waals surface area (Å²) >= 11 is 1.14. The fraction of sp³-hybridized carbons (Fsp3) is 0.172. The molecule has 0 fully saturated rings. The minimum absolute atomic E-state index is 0.149. The maximum atomic E-state index is 13.7. The zero-order chi connectivity index (χ0) is 27.7. The summed E-state index contributed by atoms with van der Waals surface area (Å²) in [7, 11) is 1.31. The summed E-state index contributed by atoms with van der Waals surface area (Å²) in [4.78, 5) is 43.7. The highest BCUT2D eigenvalue weighted by molar-refractivity contribution is 7.07. The Bertz CT molecular complexity index is 1800. The first-order valence-corrected chi connectivity index (χ1v) is 12.9. The second-order valence-electron chi connectivity index (χ2n) is 8.59. The van der Waals surface area contributed by atoms with E-state index in [-0.39, 0.29) is 12.2 Å². The molecule has 39 heavy (non-hydrogen) atoms. The van der Waals surface area contributed by atoms with Gasteiger partial charge in [0, 0.05) is 11.6 Å². The van der Waals surface area contributed by atoms with E-state index < -0.39 is 29.4 Å². The van der Waals surface area contributed by atoms with Crippen LogP contribution in [0.3, 0.4) is 0 Å². The topological polar surface area (TPSA) is 100 Å². The van der Waals surface area contributed by atoms with Crippen LogP contribution >= 0.6 is 11.3 Å². The van der Waals surface area contributed by atoms with E-state index in [0.717, 1.165) is 11.3 Å². The van der Waals surface area contributed by atoms with Crippen LogP contribution < -0.4 is 14.9 Å². The van der Waals surface area contributed by atoms with Gasteiger partial charge >= 0.3 is 11.9 Å². The molecule has 1 atom stereocenters. The van der Waals surface area contributed by atoms with Gasteiger partial charge in [-0.25, -0.2) is 19.0 Å². The number of nitrogens with zero attached hydrogens (tertiary/aromatic N) is 2. The molecule has 10 heteroatoms. The average molecular weight is 547 g/mol. The van der Waals surface area contributed by atoms with E-state index in [0.29, 0.717) is 43.2 Å². The standard InChI is InChI=1S/C29H23FN2O6S/c1-4-37-28(35)24-16(2)31-29-32(25(24)17-9-11-18(30)12-10-17)26(33)23(39-29)15-19-13-14-22(38-19)20-7-5-6-8-21(20)27(34)36-3/h5-15,25H,4H2,1-3H3. The van der Waals surface area contributed by atoms with E-state index in [1.165, 1.54) is 35.9 Å². The number of halogens is 1. The molecule has 8 nitrogen and oxygen atoms in total. The molecule has 1 unspecified atom stereocenters. The van der Waals surface area contributed by atoms with Crippen LogP contribution in [0.5, 0.6) is 0 Å². The summed E-state index contributed by atoms with van der Waals surface area (Å²) in [6.07, 6.45) is 1.58. The van der Waals surface area contributed by atoms with E-state index >= 15 is 0 Å². The Morgan fingerprint density at radius 1 is 1.10 bits per heavy atom. The maximum Gasteiger partial charge on any atom is 0.338 e. The highest BCUT2D eigenvalue weighted by atomic mass is 32.1. The molecule has 0 saturated carbocycles. The molecule has 0 radical (unpaired) electrons. The number of methoxy groups -OCH3 is 1. The van der Waals surface area contributed by atoms with Gasteiger partial charge < -0.3 is 13.9 Å². The third-order valence-corrected chi connectivity index (χ3v) is 7.18. The Morgan fingerprint density at radius 3 is 2.56 bits per heavy atom. The van der Waals surface area contributed by atoms with Crippen LogP contribution in [0.15, 0.2) is 86.1 Å². The van der Waals surface area contributed by atoms with Gasteiger partial charge in [-0.1, -0.05) is 41.7 Å². The van der Waals surface area contributed by atoms with Crippen molar-refractivity contribution in [3.63, 3.8) is 0 Å². The van der Waals surface area contributed by atoms with Gasteiger partial charge in [-0.3, -0.25) is 9.36 Å². The van der Waals surface area contributed by atoms with Crippen LogP contribution in [0, 0.1) is 5.82 Å². The number of fused-ring (bicyclic) bond motifs is 1. The van der Waals surface area contributed by atoms with Crippen LogP contribution in [0.1, 0.15) is 41.6 Å². The third kappa shape index (κ3) is 4.86. The zero-order valence-electron chi connectivity index (χ0n) is 21.3. The lowest BCUT2D eigenvalue weighted by Crippen LogP contribution is -2.39. The molecular weight excluding hydrogens is 523 g/mol. The highest BCUT2D eigenvalue weighted by Crippen LogP contribution is 2.31. The lowest BCUT2D eigenvalue weighted by atomic mass is 9.96. The minimum Gasteiger partial charge on any atom is -0.465 e. The molecule has 198 valence electrons. The van der Waals surface area contributed by atoms with Gasteiger partial charge in [0.05, 0.1) is 41.1 Å². The predicted molar refractivity (Wildman–Crippen MR) is 142 cm³/mol. The number of carbonyl (C=O) groups excluding carboxylic acids is 2. The molecule has 5 rings (SSSR count). The van der Waals surface area contributed by atoms with Gasteiger partial charge in [0.15, 0.2) is 4.80 Å². The Balaban J connectivity index is 1.62. The molecule has 2 aromatic heterocycles. The monoisotopic (exact) mass is 546 g/mol. The maximum absolute atomic E-state index is 13.7. The lowest BCUT2D eigenvalue weighted by molar-refractivity contribution is -0.139. The highest BCUT2D eigenvalue weighted by Gasteiger charge is 2.33. The first-order valence-electron chi connectivity index (χ1n) is 12.0. The smallest absolute Gasteiger partial charge is 0.338 e. The number of carbonyl (C=O) groups is 2. The molecule has 0 saturated heterocycles. The first kappa shape index (κ1) is 26.1. The van der Waals surface area contributed by atoms with Crippen molar-refractivity contribution in [3.05, 3.63) is 114 Å². The van der Waals surface area contributed by atoms with E-state index in [4.69, 9.17) is 13.9 Å². The van der Waals surface area contributed by atoms with Crippen molar-refractivity contribution in [1.29, 1.82) is 0 Å². The number of hydrogen-bond acceptors (Lipinski definition) is 8. The molecule has 4 aromatic rings. The van der Waals surface area contributed by atoms with Crippen molar-refractivity contribution >= 4 is 29.4 Å². The van der Waals surface area contributed by atoms with Crippen LogP contribution in [0.25, 0.3) is 17.4 Å². The summed E-state index contributed by atoms with van der Waals surface area (Å²) in [6.45, 7) is 3.52. The van der Waals surface area contributed by atoms with Gasteiger partial charge in [-0.2, -0.15) is 0 Å². The second kappa shape index (κ2) is 10.7. The van der Waals surface area contributed by atoms with Gasteiger partial charge in [0.25, 0.3) is 5.56 Å². The summed E-state index contributed by atoms with van der Waals surface area (Å²) in [5.74, 6) is -0.714. The minimum atomic E-state index is -0.845. The van der Waals surface area contributed by atoms with Crippen LogP contribution in [-0.4, -0.2) is 30.2 Å². The second-order valence-corrected chi connectivity index (χ2v) is 9.60. The van der Waals surface area contributed by atoms with Crippen molar-refractivity contribution in [2.24, 2.45) is 4.99 Å². The van der Waals surface area contributed by atoms with Crippen molar-refractivity contribution in [2.75, 3.05) is 13.7 Å². The van der Waals surface area contributed by atoms with Gasteiger partial charge in [-0.05, 0) is 49.7 Å². The quantitative estimate of drug-likeness (QED) is 0.339. The number of ether oxygens (including phenoxy) is 2. The number of furan rings is 1. The van der Waals surface area contributed by atoms with Crippen molar-refractivity contribution in [1.82, 2.24) is 4.57 Å². The lowest BCUT2D eigenvalue weighted by Gasteiger charge is -2.24. The van der Waals surface area contributed by atoms with Gasteiger partial charge in [-0.15, -0.1) is 0 Å². The normalized spacial score (nSPS) is 15.1. The molecule has 1 aliphatic heterocycles. The molecule has 0 N–H and O–H groups in total. The van der Waals surface area contributed by atoms with E-state index in [1.807, 2.05) is 0 Å². The summed E-state index contributed by atoms with van der Waals surface area (Å²) < 4.78 is 31.6. The number of thiazole rings is 1. The Kier molecular flexibility index (Phi) is 7.12. The molecule has 0 amide bonds. The predicted octanol–water partition coefficient (Wildman–Crippen LogP) is 3.98. The van der Waals surface area contributed by atoms with Crippen LogP contribution in [0.4, 0.5) is 4.39 Å². The van der Waals surface area contributed by atoms with Crippen LogP contribution in [0.2, 0.25) is 0 Å². The van der Waals surface area contributed by atoms with Crippen molar-refractivity contribution < 1.29 is 27.9 Å². The fourth-order valence-electron chi connectivity index (χ4n) is 4.44. The van der Waals surface area contributed by atoms with Gasteiger partial charge in [0.1, 0.15) is 17.3 Å². The van der Waals surface area contributed by atoms with E-state index in [9.17, 15) is 18.8 Å². The molecule has 3 heterocycles. The summed E-state index contributed by atoms with van der Waals surface area (Å²) in [5.41, 5.74) is 1.67. The summed E-state index contributed by atoms with van der Waals surface area (Å²) in [5, 5.41) is 0.